The SMILES string of the molecule is C[C@H](N)c1cc(Cl)ccc1OCc1ccc(Br)cc1. The van der Waals surface area contributed by atoms with Gasteiger partial charge in [0.05, 0.1) is 0 Å². The molecule has 2 aromatic rings. The minimum absolute atomic E-state index is 0.112. The third-order valence-corrected chi connectivity index (χ3v) is 3.53. The van der Waals surface area contributed by atoms with Crippen molar-refractivity contribution in [2.75, 3.05) is 0 Å². The predicted octanol–water partition coefficient (Wildman–Crippen LogP) is 4.70. The Balaban J connectivity index is 2.13. The summed E-state index contributed by atoms with van der Waals surface area (Å²) < 4.78 is 6.88. The molecule has 4 heteroatoms. The molecule has 100 valence electrons. The van der Waals surface area contributed by atoms with Gasteiger partial charge in [-0.2, -0.15) is 0 Å². The zero-order valence-electron chi connectivity index (χ0n) is 10.6. The van der Waals surface area contributed by atoms with E-state index in [1.54, 1.807) is 0 Å². The average molecular weight is 341 g/mol. The molecule has 1 atom stereocenters. The molecule has 0 saturated carbocycles. The first-order valence-electron chi connectivity index (χ1n) is 5.98. The van der Waals surface area contributed by atoms with Crippen LogP contribution in [0.4, 0.5) is 0 Å². The summed E-state index contributed by atoms with van der Waals surface area (Å²) in [5, 5.41) is 0.670. The molecule has 0 bridgehead atoms. The Hall–Kier alpha value is -1.03. The molecule has 0 aliphatic heterocycles. The molecule has 0 heterocycles. The summed E-state index contributed by atoms with van der Waals surface area (Å²) >= 11 is 9.39. The van der Waals surface area contributed by atoms with E-state index in [0.29, 0.717) is 11.6 Å². The Bertz CT molecular complexity index is 555. The molecule has 0 aliphatic carbocycles. The first-order chi connectivity index (χ1) is 9.06. The molecule has 0 unspecified atom stereocenters. The van der Waals surface area contributed by atoms with Crippen molar-refractivity contribution in [3.05, 3.63) is 63.1 Å². The van der Waals surface area contributed by atoms with Gasteiger partial charge in [-0.1, -0.05) is 39.7 Å². The van der Waals surface area contributed by atoms with E-state index in [1.807, 2.05) is 49.4 Å². The second-order valence-electron chi connectivity index (χ2n) is 4.39. The van der Waals surface area contributed by atoms with Crippen LogP contribution in [0, 0.1) is 0 Å². The molecule has 0 amide bonds. The lowest BCUT2D eigenvalue weighted by Gasteiger charge is -2.14. The fraction of sp³-hybridized carbons (Fsp3) is 0.200. The van der Waals surface area contributed by atoms with Crippen LogP contribution in [0.25, 0.3) is 0 Å². The van der Waals surface area contributed by atoms with E-state index in [9.17, 15) is 0 Å². The molecular weight excluding hydrogens is 326 g/mol. The number of ether oxygens (including phenoxy) is 1. The maximum atomic E-state index is 5.98. The van der Waals surface area contributed by atoms with Crippen molar-refractivity contribution in [1.82, 2.24) is 0 Å². The third kappa shape index (κ3) is 3.96. The summed E-state index contributed by atoms with van der Waals surface area (Å²) in [6, 6.07) is 13.4. The second-order valence-corrected chi connectivity index (χ2v) is 5.74. The van der Waals surface area contributed by atoms with Gasteiger partial charge in [0.25, 0.3) is 0 Å². The molecule has 0 aromatic heterocycles. The van der Waals surface area contributed by atoms with Gasteiger partial charge in [0, 0.05) is 21.1 Å². The molecule has 2 rings (SSSR count). The topological polar surface area (TPSA) is 35.2 Å². The molecule has 2 N–H and O–H groups in total. The summed E-state index contributed by atoms with van der Waals surface area (Å²) in [5.41, 5.74) is 7.95. The monoisotopic (exact) mass is 339 g/mol. The summed E-state index contributed by atoms with van der Waals surface area (Å²) in [6.07, 6.45) is 0. The van der Waals surface area contributed by atoms with Crippen molar-refractivity contribution in [3.63, 3.8) is 0 Å². The third-order valence-electron chi connectivity index (χ3n) is 2.77. The molecule has 0 saturated heterocycles. The number of hydrogen-bond acceptors (Lipinski definition) is 2. The average Bonchev–Trinajstić information content (AvgIpc) is 2.39. The number of rotatable bonds is 4. The van der Waals surface area contributed by atoms with E-state index in [-0.39, 0.29) is 6.04 Å². The molecule has 19 heavy (non-hydrogen) atoms. The van der Waals surface area contributed by atoms with Crippen molar-refractivity contribution in [3.8, 4) is 5.75 Å². The lowest BCUT2D eigenvalue weighted by molar-refractivity contribution is 0.301. The molecule has 0 aliphatic rings. The number of benzene rings is 2. The van der Waals surface area contributed by atoms with Gasteiger partial charge in [-0.3, -0.25) is 0 Å². The molecule has 0 spiro atoms. The van der Waals surface area contributed by atoms with Crippen LogP contribution in [0.5, 0.6) is 5.75 Å². The van der Waals surface area contributed by atoms with Gasteiger partial charge >= 0.3 is 0 Å². The van der Waals surface area contributed by atoms with Gasteiger partial charge in [-0.25, -0.2) is 0 Å². The number of hydrogen-bond donors (Lipinski definition) is 1. The van der Waals surface area contributed by atoms with Crippen LogP contribution < -0.4 is 10.5 Å². The lowest BCUT2D eigenvalue weighted by Crippen LogP contribution is -2.08. The van der Waals surface area contributed by atoms with Crippen LogP contribution >= 0.6 is 27.5 Å². The lowest BCUT2D eigenvalue weighted by atomic mass is 10.1. The van der Waals surface area contributed by atoms with Gasteiger partial charge in [0.2, 0.25) is 0 Å². The normalized spacial score (nSPS) is 12.2. The summed E-state index contributed by atoms with van der Waals surface area (Å²) in [7, 11) is 0. The maximum absolute atomic E-state index is 5.98. The summed E-state index contributed by atoms with van der Waals surface area (Å²) in [5.74, 6) is 0.780. The smallest absolute Gasteiger partial charge is 0.124 e. The van der Waals surface area contributed by atoms with Crippen LogP contribution in [-0.4, -0.2) is 0 Å². The van der Waals surface area contributed by atoms with Crippen molar-refractivity contribution in [1.29, 1.82) is 0 Å². The highest BCUT2D eigenvalue weighted by Crippen LogP contribution is 2.28. The fourth-order valence-electron chi connectivity index (χ4n) is 1.75. The zero-order valence-corrected chi connectivity index (χ0v) is 12.9. The maximum Gasteiger partial charge on any atom is 0.124 e. The van der Waals surface area contributed by atoms with Gasteiger partial charge in [0.1, 0.15) is 12.4 Å². The van der Waals surface area contributed by atoms with Gasteiger partial charge in [-0.05, 0) is 42.8 Å². The standard InChI is InChI=1S/C15H15BrClNO/c1-10(18)14-8-13(17)6-7-15(14)19-9-11-2-4-12(16)5-3-11/h2-8,10H,9,18H2,1H3/t10-/m0/s1. The summed E-state index contributed by atoms with van der Waals surface area (Å²) in [4.78, 5) is 0. The summed E-state index contributed by atoms with van der Waals surface area (Å²) in [6.45, 7) is 2.42. The van der Waals surface area contributed by atoms with Crippen LogP contribution in [0.15, 0.2) is 46.9 Å². The predicted molar refractivity (Wildman–Crippen MR) is 82.5 cm³/mol. The minimum atomic E-state index is -0.112. The number of nitrogens with two attached hydrogens (primary N) is 1. The Morgan fingerprint density at radius 3 is 2.53 bits per heavy atom. The Morgan fingerprint density at radius 2 is 1.89 bits per heavy atom. The van der Waals surface area contributed by atoms with Crippen LogP contribution in [0.1, 0.15) is 24.1 Å². The van der Waals surface area contributed by atoms with Crippen LogP contribution in [-0.2, 0) is 6.61 Å². The fourth-order valence-corrected chi connectivity index (χ4v) is 2.19. The number of halogens is 2. The van der Waals surface area contributed by atoms with Gasteiger partial charge in [-0.15, -0.1) is 0 Å². The van der Waals surface area contributed by atoms with Gasteiger partial charge in [0.15, 0.2) is 0 Å². The van der Waals surface area contributed by atoms with Crippen molar-refractivity contribution >= 4 is 27.5 Å². The highest BCUT2D eigenvalue weighted by molar-refractivity contribution is 9.10. The van der Waals surface area contributed by atoms with E-state index in [1.165, 1.54) is 0 Å². The molecular formula is C15H15BrClNO. The van der Waals surface area contributed by atoms with Crippen LogP contribution in [0.3, 0.4) is 0 Å². The highest BCUT2D eigenvalue weighted by atomic mass is 79.9. The van der Waals surface area contributed by atoms with E-state index in [4.69, 9.17) is 22.1 Å². The zero-order chi connectivity index (χ0) is 13.8. The Labute approximate surface area is 126 Å². The molecule has 2 aromatic carbocycles. The highest BCUT2D eigenvalue weighted by Gasteiger charge is 2.09. The first-order valence-corrected chi connectivity index (χ1v) is 7.15. The van der Waals surface area contributed by atoms with Crippen molar-refractivity contribution < 1.29 is 4.74 Å². The molecule has 2 nitrogen and oxygen atoms in total. The van der Waals surface area contributed by atoms with Crippen LogP contribution in [0.2, 0.25) is 5.02 Å². The largest absolute Gasteiger partial charge is 0.489 e. The Kier molecular flexibility index (Phi) is 4.86. The second kappa shape index (κ2) is 6.42. The van der Waals surface area contributed by atoms with E-state index in [2.05, 4.69) is 15.9 Å². The Morgan fingerprint density at radius 1 is 1.21 bits per heavy atom. The van der Waals surface area contributed by atoms with Gasteiger partial charge < -0.3 is 10.5 Å². The van der Waals surface area contributed by atoms with E-state index in [0.717, 1.165) is 21.3 Å². The quantitative estimate of drug-likeness (QED) is 0.875. The van der Waals surface area contributed by atoms with Crippen molar-refractivity contribution in [2.24, 2.45) is 5.73 Å². The van der Waals surface area contributed by atoms with E-state index < -0.39 is 0 Å². The first kappa shape index (κ1) is 14.4. The van der Waals surface area contributed by atoms with E-state index >= 15 is 0 Å². The van der Waals surface area contributed by atoms with Crippen molar-refractivity contribution in [2.45, 2.75) is 19.6 Å². The molecule has 0 fully saturated rings. The molecule has 0 radical (unpaired) electrons. The minimum Gasteiger partial charge on any atom is -0.489 e.